The molecule has 1 atom stereocenters. The topological polar surface area (TPSA) is 36.4 Å². The van der Waals surface area contributed by atoms with Crippen molar-refractivity contribution in [1.82, 2.24) is 4.98 Å². The van der Waals surface area contributed by atoms with Gasteiger partial charge in [0.15, 0.2) is 5.13 Å². The van der Waals surface area contributed by atoms with E-state index >= 15 is 0 Å². The molecule has 1 heterocycles. The van der Waals surface area contributed by atoms with Gasteiger partial charge in [-0.3, -0.25) is 0 Å². The predicted octanol–water partition coefficient (Wildman–Crippen LogP) is 3.41. The van der Waals surface area contributed by atoms with Gasteiger partial charge in [-0.2, -0.15) is 0 Å². The van der Waals surface area contributed by atoms with E-state index in [9.17, 15) is 5.11 Å². The number of rotatable bonds is 4. The zero-order valence-electron chi connectivity index (χ0n) is 12.6. The number of nitrogens with zero attached hydrogens (tertiary/aromatic N) is 2. The van der Waals surface area contributed by atoms with Gasteiger partial charge >= 0.3 is 0 Å². The van der Waals surface area contributed by atoms with Gasteiger partial charge in [-0.05, 0) is 12.8 Å². The highest BCUT2D eigenvalue weighted by atomic mass is 32.1. The summed E-state index contributed by atoms with van der Waals surface area (Å²) in [5, 5.41) is 10.5. The highest BCUT2D eigenvalue weighted by molar-refractivity contribution is 7.15. The lowest BCUT2D eigenvalue weighted by molar-refractivity contribution is 0.282. The summed E-state index contributed by atoms with van der Waals surface area (Å²) in [6.45, 7) is 13.1. The second-order valence-corrected chi connectivity index (χ2v) is 7.33. The van der Waals surface area contributed by atoms with E-state index in [-0.39, 0.29) is 12.0 Å². The van der Waals surface area contributed by atoms with E-state index in [2.05, 4.69) is 53.5 Å². The first-order chi connectivity index (χ1) is 8.18. The van der Waals surface area contributed by atoms with E-state index < -0.39 is 0 Å². The molecule has 18 heavy (non-hydrogen) atoms. The molecule has 1 unspecified atom stereocenters. The summed E-state index contributed by atoms with van der Waals surface area (Å²) < 4.78 is 0. The average Bonchev–Trinajstić information content (AvgIpc) is 2.70. The van der Waals surface area contributed by atoms with Gasteiger partial charge in [-0.15, -0.1) is 0 Å². The van der Waals surface area contributed by atoms with Gasteiger partial charge in [0.05, 0.1) is 17.2 Å². The molecule has 4 heteroatoms. The largest absolute Gasteiger partial charge is 0.391 e. The van der Waals surface area contributed by atoms with Gasteiger partial charge in [-0.1, -0.05) is 46.0 Å². The van der Waals surface area contributed by atoms with E-state index in [4.69, 9.17) is 4.98 Å². The number of aliphatic hydroxyl groups is 1. The molecule has 0 saturated carbocycles. The molecule has 0 aliphatic heterocycles. The van der Waals surface area contributed by atoms with Gasteiger partial charge in [0.2, 0.25) is 0 Å². The molecule has 3 nitrogen and oxygen atoms in total. The summed E-state index contributed by atoms with van der Waals surface area (Å²) in [5.41, 5.74) is 1.00. The second kappa shape index (κ2) is 5.57. The molecule has 1 rings (SSSR count). The lowest BCUT2D eigenvalue weighted by Gasteiger charge is -2.27. The molecule has 0 fully saturated rings. The van der Waals surface area contributed by atoms with Crippen molar-refractivity contribution < 1.29 is 5.11 Å². The number of aromatic nitrogens is 1. The summed E-state index contributed by atoms with van der Waals surface area (Å²) in [6.07, 6.45) is 0. The molecule has 0 saturated heterocycles. The highest BCUT2D eigenvalue weighted by Gasteiger charge is 2.25. The maximum absolute atomic E-state index is 9.48. The van der Waals surface area contributed by atoms with Crippen LogP contribution in [0.15, 0.2) is 0 Å². The lowest BCUT2D eigenvalue weighted by atomic mass is 9.91. The molecule has 0 amide bonds. The fourth-order valence-electron chi connectivity index (χ4n) is 1.80. The number of thiazole rings is 1. The minimum atomic E-state index is -0.0191. The standard InChI is InChI=1S/C14H26N2OS/c1-9(2)10(3)16(7)13-15-12(14(4,5)6)11(8-17)18-13/h9-10,17H,8H2,1-7H3. The van der Waals surface area contributed by atoms with Crippen molar-refractivity contribution in [2.24, 2.45) is 5.92 Å². The molecule has 0 bridgehead atoms. The molecular weight excluding hydrogens is 244 g/mol. The third-order valence-electron chi connectivity index (χ3n) is 3.42. The molecule has 0 radical (unpaired) electrons. The molecule has 1 aromatic rings. The molecular formula is C14H26N2OS. The number of hydrogen-bond donors (Lipinski definition) is 1. The Morgan fingerprint density at radius 2 is 1.83 bits per heavy atom. The van der Waals surface area contributed by atoms with Crippen molar-refractivity contribution in [3.8, 4) is 0 Å². The summed E-state index contributed by atoms with van der Waals surface area (Å²) in [6, 6.07) is 0.440. The van der Waals surface area contributed by atoms with Crippen molar-refractivity contribution in [2.45, 2.75) is 59.6 Å². The Morgan fingerprint density at radius 1 is 1.28 bits per heavy atom. The van der Waals surface area contributed by atoms with Crippen LogP contribution in [0.3, 0.4) is 0 Å². The van der Waals surface area contributed by atoms with Crippen LogP contribution in [0.2, 0.25) is 0 Å². The molecule has 0 aliphatic rings. The van der Waals surface area contributed by atoms with Crippen LogP contribution in [0.4, 0.5) is 5.13 Å². The summed E-state index contributed by atoms with van der Waals surface area (Å²) in [4.78, 5) is 7.94. The van der Waals surface area contributed by atoms with Gasteiger partial charge in [-0.25, -0.2) is 4.98 Å². The Balaban J connectivity index is 3.09. The van der Waals surface area contributed by atoms with Crippen molar-refractivity contribution in [3.05, 3.63) is 10.6 Å². The number of anilines is 1. The number of aliphatic hydroxyl groups excluding tert-OH is 1. The Hall–Kier alpha value is -0.610. The van der Waals surface area contributed by atoms with Crippen LogP contribution >= 0.6 is 11.3 Å². The van der Waals surface area contributed by atoms with Crippen LogP contribution in [-0.4, -0.2) is 23.2 Å². The van der Waals surface area contributed by atoms with Crippen molar-refractivity contribution in [2.75, 3.05) is 11.9 Å². The van der Waals surface area contributed by atoms with Crippen molar-refractivity contribution in [3.63, 3.8) is 0 Å². The maximum Gasteiger partial charge on any atom is 0.185 e. The van der Waals surface area contributed by atoms with E-state index in [1.54, 1.807) is 11.3 Å². The molecule has 0 aromatic carbocycles. The minimum absolute atomic E-state index is 0.0191. The van der Waals surface area contributed by atoms with E-state index in [1.807, 2.05) is 0 Å². The van der Waals surface area contributed by atoms with E-state index in [0.717, 1.165) is 15.7 Å². The van der Waals surface area contributed by atoms with E-state index in [0.29, 0.717) is 12.0 Å². The summed E-state index contributed by atoms with van der Waals surface area (Å²) >= 11 is 1.61. The SMILES string of the molecule is CC(C)C(C)N(C)c1nc(C(C)(C)C)c(CO)s1. The molecule has 1 N–H and O–H groups in total. The number of hydrogen-bond acceptors (Lipinski definition) is 4. The first kappa shape index (κ1) is 15.4. The van der Waals surface area contributed by atoms with Gasteiger partial charge in [0.25, 0.3) is 0 Å². The minimum Gasteiger partial charge on any atom is -0.391 e. The van der Waals surface area contributed by atoms with Crippen LogP contribution in [0.1, 0.15) is 52.1 Å². The van der Waals surface area contributed by atoms with Gasteiger partial charge in [0, 0.05) is 18.5 Å². The zero-order valence-corrected chi connectivity index (χ0v) is 13.4. The van der Waals surface area contributed by atoms with Gasteiger partial charge in [0.1, 0.15) is 0 Å². The van der Waals surface area contributed by atoms with Crippen molar-refractivity contribution >= 4 is 16.5 Å². The smallest absolute Gasteiger partial charge is 0.185 e. The van der Waals surface area contributed by atoms with Gasteiger partial charge < -0.3 is 10.0 Å². The third-order valence-corrected chi connectivity index (χ3v) is 4.55. The molecule has 0 spiro atoms. The Morgan fingerprint density at radius 3 is 2.17 bits per heavy atom. The lowest BCUT2D eigenvalue weighted by Crippen LogP contribution is -2.33. The fourth-order valence-corrected chi connectivity index (χ4v) is 2.99. The first-order valence-corrected chi connectivity index (χ1v) is 7.34. The molecule has 1 aromatic heterocycles. The Bertz CT molecular complexity index is 393. The van der Waals surface area contributed by atoms with Crippen LogP contribution < -0.4 is 4.90 Å². The first-order valence-electron chi connectivity index (χ1n) is 6.52. The third kappa shape index (κ3) is 3.23. The van der Waals surface area contributed by atoms with Crippen LogP contribution in [0, 0.1) is 5.92 Å². The predicted molar refractivity (Wildman–Crippen MR) is 79.4 cm³/mol. The average molecular weight is 270 g/mol. The highest BCUT2D eigenvalue weighted by Crippen LogP contribution is 2.34. The Kier molecular flexibility index (Phi) is 4.78. The quantitative estimate of drug-likeness (QED) is 0.911. The molecule has 0 aliphatic carbocycles. The van der Waals surface area contributed by atoms with Crippen LogP contribution in [-0.2, 0) is 12.0 Å². The van der Waals surface area contributed by atoms with E-state index in [1.165, 1.54) is 0 Å². The van der Waals surface area contributed by atoms with Crippen LogP contribution in [0.25, 0.3) is 0 Å². The summed E-state index contributed by atoms with van der Waals surface area (Å²) in [7, 11) is 2.08. The molecule has 104 valence electrons. The van der Waals surface area contributed by atoms with Crippen molar-refractivity contribution in [1.29, 1.82) is 0 Å². The van der Waals surface area contributed by atoms with Crippen LogP contribution in [0.5, 0.6) is 0 Å². The fraction of sp³-hybridized carbons (Fsp3) is 0.786. The summed E-state index contributed by atoms with van der Waals surface area (Å²) in [5.74, 6) is 0.578. The zero-order chi connectivity index (χ0) is 14.1. The Labute approximate surface area is 115 Å². The monoisotopic (exact) mass is 270 g/mol. The normalized spacial score (nSPS) is 14.1. The second-order valence-electron chi connectivity index (χ2n) is 6.27. The maximum atomic E-state index is 9.48.